The third-order valence-corrected chi connectivity index (χ3v) is 1.22. The average Bonchev–Trinajstić information content (AvgIpc) is 2.11. The smallest absolute Gasteiger partial charge is 0.0711 e. The lowest BCUT2D eigenvalue weighted by Crippen LogP contribution is -2.28. The van der Waals surface area contributed by atoms with Gasteiger partial charge < -0.3 is 10.2 Å². The molecular formula is C4H8N6O2. The van der Waals surface area contributed by atoms with Gasteiger partial charge in [0.2, 0.25) is 0 Å². The first kappa shape index (κ1) is 10.5. The normalized spacial score (nSPS) is 13.8. The van der Waals surface area contributed by atoms with Crippen LogP contribution in [0.1, 0.15) is 0 Å². The van der Waals surface area contributed by atoms with Gasteiger partial charge in [-0.3, -0.25) is 0 Å². The number of aliphatic hydroxyl groups is 2. The molecule has 0 fully saturated rings. The number of hydrogen-bond acceptors (Lipinski definition) is 4. The highest BCUT2D eigenvalue weighted by Gasteiger charge is 2.16. The van der Waals surface area contributed by atoms with E-state index in [9.17, 15) is 0 Å². The van der Waals surface area contributed by atoms with Crippen molar-refractivity contribution in [1.82, 2.24) is 0 Å². The first-order valence-electron chi connectivity index (χ1n) is 3.10. The van der Waals surface area contributed by atoms with Gasteiger partial charge in [0.15, 0.2) is 0 Å². The molecule has 0 aliphatic rings. The van der Waals surface area contributed by atoms with Gasteiger partial charge in [0.05, 0.1) is 25.3 Å². The Morgan fingerprint density at radius 3 is 1.50 bits per heavy atom. The van der Waals surface area contributed by atoms with Crippen LogP contribution in [-0.4, -0.2) is 35.5 Å². The molecule has 0 saturated heterocycles. The van der Waals surface area contributed by atoms with E-state index in [1.54, 1.807) is 0 Å². The number of azide groups is 2. The fraction of sp³-hybridized carbons (Fsp3) is 1.00. The molecule has 8 nitrogen and oxygen atoms in total. The maximum atomic E-state index is 8.63. The molecule has 0 amide bonds. The van der Waals surface area contributed by atoms with E-state index >= 15 is 0 Å². The van der Waals surface area contributed by atoms with Gasteiger partial charge in [0.25, 0.3) is 0 Å². The first-order valence-corrected chi connectivity index (χ1v) is 3.10. The van der Waals surface area contributed by atoms with Crippen LogP contribution in [0.2, 0.25) is 0 Å². The Kier molecular flexibility index (Phi) is 5.50. The maximum Gasteiger partial charge on any atom is 0.0711 e. The lowest BCUT2D eigenvalue weighted by molar-refractivity contribution is 0.199. The summed E-state index contributed by atoms with van der Waals surface area (Å²) in [6, 6.07) is -1.81. The summed E-state index contributed by atoms with van der Waals surface area (Å²) >= 11 is 0. The van der Waals surface area contributed by atoms with Crippen molar-refractivity contribution in [3.05, 3.63) is 20.9 Å². The molecule has 0 heterocycles. The van der Waals surface area contributed by atoms with Crippen molar-refractivity contribution >= 4 is 0 Å². The molecular weight excluding hydrogens is 164 g/mol. The Morgan fingerprint density at radius 1 is 1.00 bits per heavy atom. The number of aliphatic hydroxyl groups excluding tert-OH is 2. The zero-order chi connectivity index (χ0) is 9.40. The van der Waals surface area contributed by atoms with Crippen LogP contribution < -0.4 is 0 Å². The number of hydrogen-bond donors (Lipinski definition) is 2. The zero-order valence-electron chi connectivity index (χ0n) is 6.15. The standard InChI is InChI=1S/C4H8N6O2/c5-9-7-3(1-11)4(2-12)8-10-6/h3-4,11-12H,1-2H2/t3-,4-/m0/s1. The summed E-state index contributed by atoms with van der Waals surface area (Å²) in [5, 5.41) is 23.5. The lowest BCUT2D eigenvalue weighted by atomic mass is 10.2. The van der Waals surface area contributed by atoms with Crippen LogP contribution in [0.5, 0.6) is 0 Å². The van der Waals surface area contributed by atoms with Crippen molar-refractivity contribution in [3.8, 4) is 0 Å². The molecule has 66 valence electrons. The minimum Gasteiger partial charge on any atom is -0.396 e. The van der Waals surface area contributed by atoms with Crippen molar-refractivity contribution in [2.24, 2.45) is 10.2 Å². The minimum absolute atomic E-state index is 0.464. The van der Waals surface area contributed by atoms with Gasteiger partial charge in [-0.25, -0.2) is 0 Å². The van der Waals surface area contributed by atoms with Gasteiger partial charge in [-0.2, -0.15) is 0 Å². The predicted octanol–water partition coefficient (Wildman–Crippen LogP) is 0.329. The number of nitrogens with zero attached hydrogens (tertiary/aromatic N) is 6. The molecule has 2 N–H and O–H groups in total. The third-order valence-electron chi connectivity index (χ3n) is 1.22. The molecule has 0 radical (unpaired) electrons. The largest absolute Gasteiger partial charge is 0.396 e. The fourth-order valence-corrected chi connectivity index (χ4v) is 0.603. The van der Waals surface area contributed by atoms with Crippen molar-refractivity contribution in [2.75, 3.05) is 13.2 Å². The summed E-state index contributed by atoms with van der Waals surface area (Å²) in [6.07, 6.45) is 0. The summed E-state index contributed by atoms with van der Waals surface area (Å²) in [5.74, 6) is 0. The average molecular weight is 172 g/mol. The van der Waals surface area contributed by atoms with Crippen LogP contribution in [0, 0.1) is 0 Å². The summed E-state index contributed by atoms with van der Waals surface area (Å²) in [5.41, 5.74) is 16.0. The Balaban J connectivity index is 4.41. The van der Waals surface area contributed by atoms with Gasteiger partial charge in [-0.05, 0) is 11.1 Å². The molecule has 0 unspecified atom stereocenters. The molecule has 0 aliphatic heterocycles. The van der Waals surface area contributed by atoms with Crippen LogP contribution in [0.25, 0.3) is 20.9 Å². The first-order chi connectivity index (χ1) is 5.79. The van der Waals surface area contributed by atoms with E-state index in [0.29, 0.717) is 0 Å². The summed E-state index contributed by atoms with van der Waals surface area (Å²) in [4.78, 5) is 4.86. The van der Waals surface area contributed by atoms with Crippen LogP contribution in [0.3, 0.4) is 0 Å². The van der Waals surface area contributed by atoms with Gasteiger partial charge in [0.1, 0.15) is 0 Å². The SMILES string of the molecule is [N-]=[N+]=N[C@@H](CO)[C@H](CO)N=[N+]=[N-]. The molecule has 0 aromatic heterocycles. The van der Waals surface area contributed by atoms with Crippen LogP contribution >= 0.6 is 0 Å². The van der Waals surface area contributed by atoms with E-state index in [0.717, 1.165) is 0 Å². The molecule has 2 atom stereocenters. The van der Waals surface area contributed by atoms with Crippen molar-refractivity contribution < 1.29 is 10.2 Å². The maximum absolute atomic E-state index is 8.63. The Labute approximate surface area is 67.7 Å². The molecule has 0 aliphatic carbocycles. The molecule has 0 rings (SSSR count). The van der Waals surface area contributed by atoms with E-state index in [-0.39, 0.29) is 0 Å². The molecule has 0 saturated carbocycles. The molecule has 0 bridgehead atoms. The quantitative estimate of drug-likeness (QED) is 0.350. The lowest BCUT2D eigenvalue weighted by Gasteiger charge is -2.12. The van der Waals surface area contributed by atoms with Gasteiger partial charge in [-0.15, -0.1) is 0 Å². The summed E-state index contributed by atoms with van der Waals surface area (Å²) in [6.45, 7) is -0.928. The van der Waals surface area contributed by atoms with Crippen molar-refractivity contribution in [1.29, 1.82) is 0 Å². The van der Waals surface area contributed by atoms with E-state index in [1.165, 1.54) is 0 Å². The monoisotopic (exact) mass is 172 g/mol. The third kappa shape index (κ3) is 3.09. The highest BCUT2D eigenvalue weighted by molar-refractivity contribution is 4.81. The van der Waals surface area contributed by atoms with E-state index < -0.39 is 25.3 Å². The van der Waals surface area contributed by atoms with Crippen LogP contribution in [0.15, 0.2) is 10.2 Å². The van der Waals surface area contributed by atoms with Gasteiger partial charge in [0, 0.05) is 9.82 Å². The van der Waals surface area contributed by atoms with Crippen LogP contribution in [0.4, 0.5) is 0 Å². The van der Waals surface area contributed by atoms with E-state index in [4.69, 9.17) is 21.3 Å². The molecule has 0 aromatic rings. The van der Waals surface area contributed by atoms with Crippen molar-refractivity contribution in [2.45, 2.75) is 12.1 Å². The fourth-order valence-electron chi connectivity index (χ4n) is 0.603. The topological polar surface area (TPSA) is 138 Å². The second-order valence-corrected chi connectivity index (χ2v) is 1.91. The Bertz CT molecular complexity index is 194. The molecule has 12 heavy (non-hydrogen) atoms. The summed E-state index contributed by atoms with van der Waals surface area (Å²) in [7, 11) is 0. The zero-order valence-corrected chi connectivity index (χ0v) is 6.15. The van der Waals surface area contributed by atoms with E-state index in [2.05, 4.69) is 20.1 Å². The Hall–Kier alpha value is -1.46. The highest BCUT2D eigenvalue weighted by Crippen LogP contribution is 2.03. The second kappa shape index (κ2) is 6.26. The Morgan fingerprint density at radius 2 is 1.33 bits per heavy atom. The molecule has 0 spiro atoms. The second-order valence-electron chi connectivity index (χ2n) is 1.91. The van der Waals surface area contributed by atoms with Crippen molar-refractivity contribution in [3.63, 3.8) is 0 Å². The molecule has 0 aromatic carbocycles. The minimum atomic E-state index is -0.907. The highest BCUT2D eigenvalue weighted by atomic mass is 16.3. The number of rotatable bonds is 5. The molecule has 8 heteroatoms. The van der Waals surface area contributed by atoms with Crippen LogP contribution in [-0.2, 0) is 0 Å². The van der Waals surface area contributed by atoms with E-state index in [1.807, 2.05) is 0 Å². The summed E-state index contributed by atoms with van der Waals surface area (Å²) < 4.78 is 0. The predicted molar refractivity (Wildman–Crippen MR) is 40.0 cm³/mol. The van der Waals surface area contributed by atoms with Gasteiger partial charge >= 0.3 is 0 Å². The van der Waals surface area contributed by atoms with Gasteiger partial charge in [-0.1, -0.05) is 10.2 Å².